The van der Waals surface area contributed by atoms with Crippen molar-refractivity contribution in [3.8, 4) is 16.9 Å². The highest BCUT2D eigenvalue weighted by atomic mass is 16.5. The third kappa shape index (κ3) is 3.50. The number of rotatable bonds is 2. The predicted molar refractivity (Wildman–Crippen MR) is 190 cm³/mol. The molecule has 0 saturated carbocycles. The maximum Gasteiger partial charge on any atom is 0.135 e. The Morgan fingerprint density at radius 3 is 1.73 bits per heavy atom. The maximum atomic E-state index is 6.59. The molecule has 1 aliphatic heterocycles. The summed E-state index contributed by atoms with van der Waals surface area (Å²) in [5, 5.41) is 12.9. The summed E-state index contributed by atoms with van der Waals surface area (Å²) in [5.41, 5.74) is 6.60. The van der Waals surface area contributed by atoms with Crippen molar-refractivity contribution < 1.29 is 4.74 Å². The highest BCUT2D eigenvalue weighted by molar-refractivity contribution is 6.35. The van der Waals surface area contributed by atoms with E-state index in [0.717, 1.165) is 17.9 Å². The zero-order chi connectivity index (χ0) is 29.5. The Bertz CT molecular complexity index is 2580. The highest BCUT2D eigenvalue weighted by Crippen LogP contribution is 2.52. The molecule has 0 amide bonds. The summed E-state index contributed by atoms with van der Waals surface area (Å²) in [7, 11) is 0. The molecule has 1 nitrogen and oxygen atoms in total. The summed E-state index contributed by atoms with van der Waals surface area (Å²) in [4.78, 5) is 0. The SMILES string of the molecule is C1=C(c2c3ccccc3c(-c3ccccc3)c3c4ccccc4c4ccccc4c23)CC2C(=C1)Oc1cccc3cccc2c13. The van der Waals surface area contributed by atoms with Gasteiger partial charge in [0.2, 0.25) is 0 Å². The van der Waals surface area contributed by atoms with Gasteiger partial charge in [-0.25, -0.2) is 0 Å². The molecule has 0 spiro atoms. The molecule has 210 valence electrons. The van der Waals surface area contributed by atoms with Gasteiger partial charge in [0.1, 0.15) is 11.5 Å². The average Bonchev–Trinajstić information content (AvgIpc) is 3.11. The second-order valence-corrected chi connectivity index (χ2v) is 12.3. The minimum atomic E-state index is 0.165. The van der Waals surface area contributed by atoms with Crippen molar-refractivity contribution in [2.45, 2.75) is 12.3 Å². The zero-order valence-electron chi connectivity index (χ0n) is 24.6. The summed E-state index contributed by atoms with van der Waals surface area (Å²) >= 11 is 0. The molecule has 10 rings (SSSR count). The molecule has 2 aliphatic rings. The van der Waals surface area contributed by atoms with Gasteiger partial charge in [0.15, 0.2) is 0 Å². The summed E-state index contributed by atoms with van der Waals surface area (Å²) in [6, 6.07) is 51.0. The average molecular weight is 573 g/mol. The molecule has 1 aliphatic carbocycles. The molecular weight excluding hydrogens is 544 g/mol. The van der Waals surface area contributed by atoms with E-state index in [1.165, 1.54) is 81.7 Å². The minimum Gasteiger partial charge on any atom is -0.460 e. The number of fused-ring (bicyclic) bond motifs is 9. The number of hydrogen-bond donors (Lipinski definition) is 0. The molecular formula is C44H28O. The van der Waals surface area contributed by atoms with Crippen molar-refractivity contribution in [1.82, 2.24) is 0 Å². The van der Waals surface area contributed by atoms with Gasteiger partial charge < -0.3 is 4.74 Å². The lowest BCUT2D eigenvalue weighted by Crippen LogP contribution is -2.17. The van der Waals surface area contributed by atoms with E-state index in [1.807, 2.05) is 0 Å². The van der Waals surface area contributed by atoms with Crippen molar-refractivity contribution in [2.24, 2.45) is 0 Å². The van der Waals surface area contributed by atoms with Crippen LogP contribution in [0.5, 0.6) is 5.75 Å². The van der Waals surface area contributed by atoms with E-state index in [2.05, 4.69) is 152 Å². The number of hydrogen-bond acceptors (Lipinski definition) is 1. The normalized spacial score (nSPS) is 15.7. The standard InChI is InChI=1S/C44H28O/c1-2-12-28(13-3-1)41-34-20-8-9-21-35(34)42(44-33-19-7-5-17-31(33)30-16-4-6-18-32(30)43(41)44)29-24-25-38-37(26-29)36-22-10-14-27-15-11-23-39(45-38)40(27)36/h1-25,37H,26H2. The molecule has 0 aromatic heterocycles. The summed E-state index contributed by atoms with van der Waals surface area (Å²) in [6.07, 6.45) is 5.44. The zero-order valence-corrected chi connectivity index (χ0v) is 24.6. The lowest BCUT2D eigenvalue weighted by atomic mass is 9.76. The maximum absolute atomic E-state index is 6.59. The van der Waals surface area contributed by atoms with Crippen LogP contribution < -0.4 is 4.74 Å². The second kappa shape index (κ2) is 9.42. The van der Waals surface area contributed by atoms with Gasteiger partial charge in [-0.3, -0.25) is 0 Å². The molecule has 0 bridgehead atoms. The molecule has 0 saturated heterocycles. The van der Waals surface area contributed by atoms with E-state index in [9.17, 15) is 0 Å². The molecule has 0 radical (unpaired) electrons. The van der Waals surface area contributed by atoms with Crippen LogP contribution in [0, 0.1) is 0 Å². The number of allylic oxidation sites excluding steroid dienone is 4. The molecule has 45 heavy (non-hydrogen) atoms. The van der Waals surface area contributed by atoms with Gasteiger partial charge >= 0.3 is 0 Å². The monoisotopic (exact) mass is 572 g/mol. The van der Waals surface area contributed by atoms with Gasteiger partial charge in [-0.2, -0.15) is 0 Å². The molecule has 8 aromatic rings. The van der Waals surface area contributed by atoms with Crippen LogP contribution >= 0.6 is 0 Å². The molecule has 1 heteroatoms. The lowest BCUT2D eigenvalue weighted by molar-refractivity contribution is 0.377. The molecule has 1 atom stereocenters. The van der Waals surface area contributed by atoms with Crippen molar-refractivity contribution in [3.05, 3.63) is 169 Å². The fraction of sp³-hybridized carbons (Fsp3) is 0.0455. The van der Waals surface area contributed by atoms with Crippen LogP contribution in [0.1, 0.15) is 23.5 Å². The predicted octanol–water partition coefficient (Wildman–Crippen LogP) is 12.0. The smallest absolute Gasteiger partial charge is 0.135 e. The first kappa shape index (κ1) is 24.7. The van der Waals surface area contributed by atoms with Gasteiger partial charge in [0.05, 0.1) is 0 Å². The van der Waals surface area contributed by atoms with Crippen molar-refractivity contribution in [1.29, 1.82) is 0 Å². The number of ether oxygens (including phenoxy) is 1. The number of benzene rings is 8. The highest BCUT2D eigenvalue weighted by Gasteiger charge is 2.32. The Balaban J connectivity index is 1.36. The van der Waals surface area contributed by atoms with E-state index in [0.29, 0.717) is 0 Å². The first-order valence-electron chi connectivity index (χ1n) is 15.8. The van der Waals surface area contributed by atoms with E-state index in [-0.39, 0.29) is 5.92 Å². The van der Waals surface area contributed by atoms with Gasteiger partial charge in [0.25, 0.3) is 0 Å². The van der Waals surface area contributed by atoms with Crippen LogP contribution in [0.4, 0.5) is 0 Å². The Kier molecular flexibility index (Phi) is 5.18. The largest absolute Gasteiger partial charge is 0.460 e. The van der Waals surface area contributed by atoms with Crippen molar-refractivity contribution in [2.75, 3.05) is 0 Å². The van der Waals surface area contributed by atoms with Gasteiger partial charge in [0, 0.05) is 11.3 Å². The third-order valence-corrected chi connectivity index (χ3v) is 10.0. The van der Waals surface area contributed by atoms with Crippen LogP contribution in [0.3, 0.4) is 0 Å². The molecule has 0 fully saturated rings. The van der Waals surface area contributed by atoms with Crippen molar-refractivity contribution >= 4 is 59.4 Å². The van der Waals surface area contributed by atoms with Crippen molar-refractivity contribution in [3.63, 3.8) is 0 Å². The first-order valence-corrected chi connectivity index (χ1v) is 15.8. The Morgan fingerprint density at radius 2 is 1.02 bits per heavy atom. The van der Waals surface area contributed by atoms with E-state index >= 15 is 0 Å². The first-order chi connectivity index (χ1) is 22.3. The molecule has 1 unspecified atom stereocenters. The quantitative estimate of drug-likeness (QED) is 0.148. The van der Waals surface area contributed by atoms with Gasteiger partial charge in [-0.1, -0.05) is 140 Å². The van der Waals surface area contributed by atoms with Crippen LogP contribution in [0.25, 0.3) is 70.6 Å². The topological polar surface area (TPSA) is 9.23 Å². The van der Waals surface area contributed by atoms with Crippen LogP contribution in [0.15, 0.2) is 157 Å². The lowest BCUT2D eigenvalue weighted by Gasteiger charge is -2.32. The minimum absolute atomic E-state index is 0.165. The Hall–Kier alpha value is -5.66. The summed E-state index contributed by atoms with van der Waals surface area (Å²) in [6.45, 7) is 0. The fourth-order valence-electron chi connectivity index (χ4n) is 8.17. The second-order valence-electron chi connectivity index (χ2n) is 12.3. The van der Waals surface area contributed by atoms with Gasteiger partial charge in [-0.05, 0) is 94.9 Å². The van der Waals surface area contributed by atoms with Crippen LogP contribution in [-0.2, 0) is 0 Å². The Labute approximate surface area is 261 Å². The third-order valence-electron chi connectivity index (χ3n) is 10.0. The summed E-state index contributed by atoms with van der Waals surface area (Å²) in [5.74, 6) is 2.16. The van der Waals surface area contributed by atoms with Crippen LogP contribution in [0.2, 0.25) is 0 Å². The Morgan fingerprint density at radius 1 is 0.444 bits per heavy atom. The molecule has 0 N–H and O–H groups in total. The van der Waals surface area contributed by atoms with E-state index in [1.54, 1.807) is 0 Å². The van der Waals surface area contributed by atoms with E-state index < -0.39 is 0 Å². The van der Waals surface area contributed by atoms with Gasteiger partial charge in [-0.15, -0.1) is 0 Å². The molecule has 8 aromatic carbocycles. The summed E-state index contributed by atoms with van der Waals surface area (Å²) < 4.78 is 6.59. The van der Waals surface area contributed by atoms with E-state index in [4.69, 9.17) is 4.74 Å². The van der Waals surface area contributed by atoms with Crippen LogP contribution in [-0.4, -0.2) is 0 Å². The molecule has 1 heterocycles. The fourth-order valence-corrected chi connectivity index (χ4v) is 8.17.